The number of rotatable bonds is 5. The molecule has 4 N–H and O–H groups in total. The van der Waals surface area contributed by atoms with Gasteiger partial charge in [-0.15, -0.1) is 0 Å². The number of hydrogen-bond acceptors (Lipinski definition) is 4. The first-order chi connectivity index (χ1) is 8.72. The van der Waals surface area contributed by atoms with E-state index in [1.165, 1.54) is 19.3 Å². The summed E-state index contributed by atoms with van der Waals surface area (Å²) in [7, 11) is 0. The van der Waals surface area contributed by atoms with Crippen molar-refractivity contribution in [1.82, 2.24) is 10.3 Å². The SMILES string of the molecule is CC(NCc1cccnc1/C(N)=N/O)C1CCC1. The average molecular weight is 248 g/mol. The maximum absolute atomic E-state index is 8.73. The molecule has 0 aliphatic heterocycles. The molecular weight excluding hydrogens is 228 g/mol. The molecule has 18 heavy (non-hydrogen) atoms. The summed E-state index contributed by atoms with van der Waals surface area (Å²) >= 11 is 0. The Morgan fingerprint density at radius 2 is 2.44 bits per heavy atom. The molecule has 5 nitrogen and oxygen atoms in total. The van der Waals surface area contributed by atoms with Crippen molar-refractivity contribution in [2.24, 2.45) is 16.8 Å². The van der Waals surface area contributed by atoms with Crippen LogP contribution < -0.4 is 11.1 Å². The van der Waals surface area contributed by atoms with E-state index >= 15 is 0 Å². The van der Waals surface area contributed by atoms with Crippen LogP contribution >= 0.6 is 0 Å². The van der Waals surface area contributed by atoms with Crippen molar-refractivity contribution in [3.05, 3.63) is 29.6 Å². The zero-order valence-corrected chi connectivity index (χ0v) is 10.6. The standard InChI is InChI=1S/C13H20N4O/c1-9(10-4-2-5-10)16-8-11-6-3-7-15-12(11)13(14)17-18/h3,6-7,9-10,16,18H,2,4-5,8H2,1H3,(H2,14,17). The lowest BCUT2D eigenvalue weighted by Gasteiger charge is -2.32. The van der Waals surface area contributed by atoms with Gasteiger partial charge in [-0.3, -0.25) is 4.98 Å². The Bertz CT molecular complexity index is 429. The van der Waals surface area contributed by atoms with Crippen molar-refractivity contribution in [2.45, 2.75) is 38.8 Å². The van der Waals surface area contributed by atoms with Gasteiger partial charge in [0.15, 0.2) is 5.84 Å². The van der Waals surface area contributed by atoms with Gasteiger partial charge in [-0.25, -0.2) is 0 Å². The van der Waals surface area contributed by atoms with Crippen LogP contribution in [-0.4, -0.2) is 22.1 Å². The van der Waals surface area contributed by atoms with Gasteiger partial charge in [0.25, 0.3) is 0 Å². The van der Waals surface area contributed by atoms with Crippen molar-refractivity contribution < 1.29 is 5.21 Å². The van der Waals surface area contributed by atoms with E-state index in [0.29, 0.717) is 18.3 Å². The molecule has 1 aliphatic carbocycles. The first-order valence-corrected chi connectivity index (χ1v) is 6.37. The largest absolute Gasteiger partial charge is 0.409 e. The molecular formula is C13H20N4O. The summed E-state index contributed by atoms with van der Waals surface area (Å²) in [4.78, 5) is 4.15. The number of hydrogen-bond donors (Lipinski definition) is 3. The van der Waals surface area contributed by atoms with Crippen LogP contribution in [0.2, 0.25) is 0 Å². The molecule has 1 fully saturated rings. The van der Waals surface area contributed by atoms with Crippen molar-refractivity contribution >= 4 is 5.84 Å². The molecule has 5 heteroatoms. The second kappa shape index (κ2) is 5.82. The van der Waals surface area contributed by atoms with Gasteiger partial charge >= 0.3 is 0 Å². The van der Waals surface area contributed by atoms with Crippen LogP contribution in [0.4, 0.5) is 0 Å². The highest BCUT2D eigenvalue weighted by atomic mass is 16.4. The number of aromatic nitrogens is 1. The van der Waals surface area contributed by atoms with Crippen LogP contribution in [0, 0.1) is 5.92 Å². The molecule has 2 rings (SSSR count). The lowest BCUT2D eigenvalue weighted by molar-refractivity contribution is 0.240. The molecule has 0 aromatic carbocycles. The third-order valence-electron chi connectivity index (χ3n) is 3.71. The Labute approximate surface area is 107 Å². The first-order valence-electron chi connectivity index (χ1n) is 6.37. The predicted octanol–water partition coefficient (Wildman–Crippen LogP) is 1.45. The molecule has 0 bridgehead atoms. The molecule has 1 heterocycles. The van der Waals surface area contributed by atoms with Gasteiger partial charge < -0.3 is 16.3 Å². The molecule has 1 aromatic heterocycles. The van der Waals surface area contributed by atoms with Crippen molar-refractivity contribution in [2.75, 3.05) is 0 Å². The van der Waals surface area contributed by atoms with Gasteiger partial charge in [-0.2, -0.15) is 0 Å². The van der Waals surface area contributed by atoms with Gasteiger partial charge in [-0.05, 0) is 37.3 Å². The molecule has 0 saturated heterocycles. The average Bonchev–Trinajstić information content (AvgIpc) is 2.33. The number of amidine groups is 1. The van der Waals surface area contributed by atoms with Gasteiger partial charge in [0.1, 0.15) is 5.69 Å². The monoisotopic (exact) mass is 248 g/mol. The van der Waals surface area contributed by atoms with Gasteiger partial charge in [0.2, 0.25) is 0 Å². The summed E-state index contributed by atoms with van der Waals surface area (Å²) in [6.07, 6.45) is 5.62. The molecule has 0 spiro atoms. The van der Waals surface area contributed by atoms with Gasteiger partial charge in [0.05, 0.1) is 0 Å². The van der Waals surface area contributed by atoms with E-state index in [9.17, 15) is 0 Å². The minimum atomic E-state index is 0.0590. The molecule has 98 valence electrons. The molecule has 1 aliphatic rings. The molecule has 1 unspecified atom stereocenters. The van der Waals surface area contributed by atoms with Gasteiger partial charge in [-0.1, -0.05) is 17.6 Å². The van der Waals surface area contributed by atoms with E-state index in [1.807, 2.05) is 12.1 Å². The number of oxime groups is 1. The Kier molecular flexibility index (Phi) is 4.15. The van der Waals surface area contributed by atoms with Crippen molar-refractivity contribution in [1.29, 1.82) is 0 Å². The van der Waals surface area contributed by atoms with E-state index in [0.717, 1.165) is 11.5 Å². The summed E-state index contributed by atoms with van der Waals surface area (Å²) in [5, 5.41) is 15.2. The van der Waals surface area contributed by atoms with E-state index in [1.54, 1.807) is 6.20 Å². The minimum absolute atomic E-state index is 0.0590. The number of pyridine rings is 1. The fraction of sp³-hybridized carbons (Fsp3) is 0.538. The van der Waals surface area contributed by atoms with Crippen molar-refractivity contribution in [3.63, 3.8) is 0 Å². The zero-order chi connectivity index (χ0) is 13.0. The second-order valence-electron chi connectivity index (χ2n) is 4.86. The predicted molar refractivity (Wildman–Crippen MR) is 70.4 cm³/mol. The molecule has 0 amide bonds. The highest BCUT2D eigenvalue weighted by molar-refractivity contribution is 5.96. The van der Waals surface area contributed by atoms with E-state index < -0.39 is 0 Å². The maximum Gasteiger partial charge on any atom is 0.189 e. The third-order valence-corrected chi connectivity index (χ3v) is 3.71. The molecule has 0 radical (unpaired) electrons. The van der Waals surface area contributed by atoms with Crippen LogP contribution in [0.5, 0.6) is 0 Å². The Hall–Kier alpha value is -1.62. The number of nitrogens with one attached hydrogen (secondary N) is 1. The Balaban J connectivity index is 2.00. The topological polar surface area (TPSA) is 83.5 Å². The Morgan fingerprint density at radius 1 is 1.67 bits per heavy atom. The highest BCUT2D eigenvalue weighted by Gasteiger charge is 2.23. The molecule has 1 saturated carbocycles. The van der Waals surface area contributed by atoms with Crippen LogP contribution in [0.25, 0.3) is 0 Å². The quantitative estimate of drug-likeness (QED) is 0.319. The molecule has 1 atom stereocenters. The Morgan fingerprint density at radius 3 is 3.06 bits per heavy atom. The lowest BCUT2D eigenvalue weighted by Crippen LogP contribution is -2.37. The summed E-state index contributed by atoms with van der Waals surface area (Å²) in [5.41, 5.74) is 7.12. The van der Waals surface area contributed by atoms with Crippen molar-refractivity contribution in [3.8, 4) is 0 Å². The van der Waals surface area contributed by atoms with E-state index in [-0.39, 0.29) is 5.84 Å². The summed E-state index contributed by atoms with van der Waals surface area (Å²) in [6.45, 7) is 2.90. The first kappa shape index (κ1) is 12.8. The maximum atomic E-state index is 8.73. The van der Waals surface area contributed by atoms with Gasteiger partial charge in [0, 0.05) is 18.8 Å². The minimum Gasteiger partial charge on any atom is -0.409 e. The van der Waals surface area contributed by atoms with E-state index in [4.69, 9.17) is 10.9 Å². The van der Waals surface area contributed by atoms with Crippen LogP contribution in [0.3, 0.4) is 0 Å². The number of nitrogens with zero attached hydrogens (tertiary/aromatic N) is 2. The lowest BCUT2D eigenvalue weighted by atomic mass is 9.80. The smallest absolute Gasteiger partial charge is 0.189 e. The fourth-order valence-corrected chi connectivity index (χ4v) is 2.24. The summed E-state index contributed by atoms with van der Waals surface area (Å²) in [6, 6.07) is 4.30. The highest BCUT2D eigenvalue weighted by Crippen LogP contribution is 2.29. The zero-order valence-electron chi connectivity index (χ0n) is 10.6. The number of nitrogens with two attached hydrogens (primary N) is 1. The molecule has 1 aromatic rings. The third kappa shape index (κ3) is 2.79. The van der Waals surface area contributed by atoms with E-state index in [2.05, 4.69) is 22.4 Å². The van der Waals surface area contributed by atoms with Crippen LogP contribution in [0.1, 0.15) is 37.4 Å². The fourth-order valence-electron chi connectivity index (χ4n) is 2.24. The summed E-state index contributed by atoms with van der Waals surface area (Å²) in [5.74, 6) is 0.845. The second-order valence-corrected chi connectivity index (χ2v) is 4.86. The summed E-state index contributed by atoms with van der Waals surface area (Å²) < 4.78 is 0. The normalized spacial score (nSPS) is 18.4. The van der Waals surface area contributed by atoms with Crippen LogP contribution in [0.15, 0.2) is 23.5 Å². The van der Waals surface area contributed by atoms with Crippen LogP contribution in [-0.2, 0) is 6.54 Å².